The third-order valence-electron chi connectivity index (χ3n) is 3.62. The summed E-state index contributed by atoms with van der Waals surface area (Å²) in [5, 5.41) is 4.47. The summed E-state index contributed by atoms with van der Waals surface area (Å²) in [5.74, 6) is 1.56. The van der Waals surface area contributed by atoms with Crippen LogP contribution in [-0.2, 0) is 16.3 Å². The molecule has 102 valence electrons. The summed E-state index contributed by atoms with van der Waals surface area (Å²) >= 11 is 0. The van der Waals surface area contributed by atoms with Crippen molar-refractivity contribution in [2.24, 2.45) is 5.92 Å². The van der Waals surface area contributed by atoms with Crippen molar-refractivity contribution in [1.29, 1.82) is 0 Å². The van der Waals surface area contributed by atoms with Crippen molar-refractivity contribution in [2.75, 3.05) is 17.2 Å². The molecule has 0 amide bonds. The summed E-state index contributed by atoms with van der Waals surface area (Å²) in [4.78, 5) is 0. The second-order valence-corrected chi connectivity index (χ2v) is 7.51. The van der Waals surface area contributed by atoms with Gasteiger partial charge in [0.1, 0.15) is 5.82 Å². The molecule has 0 bridgehead atoms. The predicted octanol–water partition coefficient (Wildman–Crippen LogP) is 1.41. The van der Waals surface area contributed by atoms with Gasteiger partial charge in [0.15, 0.2) is 9.84 Å². The van der Waals surface area contributed by atoms with Crippen molar-refractivity contribution in [3.63, 3.8) is 0 Å². The fourth-order valence-corrected chi connectivity index (χ4v) is 4.02. The van der Waals surface area contributed by atoms with Crippen LogP contribution < -0.4 is 5.73 Å². The summed E-state index contributed by atoms with van der Waals surface area (Å²) in [5.41, 5.74) is 6.90. The quantitative estimate of drug-likeness (QED) is 0.898. The van der Waals surface area contributed by atoms with Gasteiger partial charge in [-0.3, -0.25) is 0 Å². The van der Waals surface area contributed by atoms with E-state index in [9.17, 15) is 8.42 Å². The van der Waals surface area contributed by atoms with Crippen LogP contribution in [-0.4, -0.2) is 29.7 Å². The molecule has 0 aliphatic carbocycles. The molecule has 0 saturated carbocycles. The second-order valence-electron chi connectivity index (χ2n) is 5.28. The Kier molecular flexibility index (Phi) is 3.66. The Morgan fingerprint density at radius 2 is 2.33 bits per heavy atom. The van der Waals surface area contributed by atoms with Crippen LogP contribution in [0.15, 0.2) is 6.07 Å². The fourth-order valence-electron chi connectivity index (χ4n) is 2.32. The molecule has 0 radical (unpaired) electrons. The van der Waals surface area contributed by atoms with Crippen LogP contribution in [0.2, 0.25) is 0 Å². The highest BCUT2D eigenvalue weighted by atomic mass is 32.2. The van der Waals surface area contributed by atoms with Gasteiger partial charge in [-0.25, -0.2) is 13.1 Å². The molecular formula is C12H21N3O2S. The summed E-state index contributed by atoms with van der Waals surface area (Å²) in [6.07, 6.45) is 2.62. The lowest BCUT2D eigenvalue weighted by Crippen LogP contribution is -2.15. The first-order valence-corrected chi connectivity index (χ1v) is 8.27. The minimum atomic E-state index is -2.90. The first kappa shape index (κ1) is 13.4. The van der Waals surface area contributed by atoms with Crippen molar-refractivity contribution in [3.05, 3.63) is 11.8 Å². The molecule has 2 unspecified atom stereocenters. The molecule has 1 fully saturated rings. The van der Waals surface area contributed by atoms with Crippen LogP contribution in [0.5, 0.6) is 0 Å². The standard InChI is InChI=1S/C12H21N3O2S/c1-3-9(2)6-10-7-12(13)15(14-10)11-4-5-18(16,17)8-11/h7,9,11H,3-6,8,13H2,1-2H3. The molecule has 2 heterocycles. The Morgan fingerprint density at radius 3 is 2.89 bits per heavy atom. The van der Waals surface area contributed by atoms with E-state index in [1.807, 2.05) is 6.07 Å². The van der Waals surface area contributed by atoms with Crippen LogP contribution in [0, 0.1) is 5.92 Å². The highest BCUT2D eigenvalue weighted by Crippen LogP contribution is 2.26. The Bertz CT molecular complexity index is 521. The molecular weight excluding hydrogens is 250 g/mol. The number of hydrogen-bond acceptors (Lipinski definition) is 4. The van der Waals surface area contributed by atoms with Crippen molar-refractivity contribution < 1.29 is 8.42 Å². The maximum Gasteiger partial charge on any atom is 0.152 e. The van der Waals surface area contributed by atoms with Crippen molar-refractivity contribution in [3.8, 4) is 0 Å². The number of anilines is 1. The van der Waals surface area contributed by atoms with Gasteiger partial charge in [0.05, 0.1) is 23.2 Å². The van der Waals surface area contributed by atoms with Gasteiger partial charge < -0.3 is 5.73 Å². The smallest absolute Gasteiger partial charge is 0.152 e. The molecule has 2 rings (SSSR count). The van der Waals surface area contributed by atoms with Crippen molar-refractivity contribution >= 4 is 15.7 Å². The molecule has 0 aromatic carbocycles. The van der Waals surface area contributed by atoms with E-state index >= 15 is 0 Å². The molecule has 1 aromatic rings. The number of hydrogen-bond donors (Lipinski definition) is 1. The van der Waals surface area contributed by atoms with Gasteiger partial charge in [0.25, 0.3) is 0 Å². The summed E-state index contributed by atoms with van der Waals surface area (Å²) in [6, 6.07) is 1.79. The summed E-state index contributed by atoms with van der Waals surface area (Å²) in [7, 11) is -2.90. The summed E-state index contributed by atoms with van der Waals surface area (Å²) in [6.45, 7) is 4.32. The molecule has 2 N–H and O–H groups in total. The van der Waals surface area contributed by atoms with Crippen LogP contribution in [0.1, 0.15) is 38.4 Å². The lowest BCUT2D eigenvalue weighted by atomic mass is 10.0. The molecule has 1 saturated heterocycles. The lowest BCUT2D eigenvalue weighted by Gasteiger charge is -2.10. The molecule has 2 atom stereocenters. The van der Waals surface area contributed by atoms with Crippen molar-refractivity contribution in [2.45, 2.75) is 39.2 Å². The van der Waals surface area contributed by atoms with Crippen LogP contribution in [0.4, 0.5) is 5.82 Å². The molecule has 1 aromatic heterocycles. The molecule has 5 nitrogen and oxygen atoms in total. The zero-order valence-corrected chi connectivity index (χ0v) is 11.8. The number of aromatic nitrogens is 2. The normalized spacial score (nSPS) is 24.2. The fraction of sp³-hybridized carbons (Fsp3) is 0.750. The third-order valence-corrected chi connectivity index (χ3v) is 5.37. The highest BCUT2D eigenvalue weighted by Gasteiger charge is 2.30. The Hall–Kier alpha value is -1.04. The maximum absolute atomic E-state index is 11.5. The van der Waals surface area contributed by atoms with Gasteiger partial charge in [-0.1, -0.05) is 20.3 Å². The van der Waals surface area contributed by atoms with E-state index < -0.39 is 9.84 Å². The van der Waals surface area contributed by atoms with E-state index in [0.717, 1.165) is 18.5 Å². The van der Waals surface area contributed by atoms with Crippen LogP contribution in [0.25, 0.3) is 0 Å². The van der Waals surface area contributed by atoms with Crippen molar-refractivity contribution in [1.82, 2.24) is 9.78 Å². The van der Waals surface area contributed by atoms with E-state index in [1.54, 1.807) is 4.68 Å². The Labute approximate surface area is 108 Å². The van der Waals surface area contributed by atoms with E-state index in [4.69, 9.17) is 5.73 Å². The minimum Gasteiger partial charge on any atom is -0.384 e. The van der Waals surface area contributed by atoms with Gasteiger partial charge in [-0.05, 0) is 18.8 Å². The Balaban J connectivity index is 2.15. The van der Waals surface area contributed by atoms with Gasteiger partial charge in [-0.2, -0.15) is 5.10 Å². The monoisotopic (exact) mass is 271 g/mol. The van der Waals surface area contributed by atoms with E-state index in [1.165, 1.54) is 0 Å². The van der Waals surface area contributed by atoms with Crippen LogP contribution >= 0.6 is 0 Å². The number of rotatable bonds is 4. The zero-order valence-electron chi connectivity index (χ0n) is 11.0. The topological polar surface area (TPSA) is 78.0 Å². The number of nitrogen functional groups attached to an aromatic ring is 1. The SMILES string of the molecule is CCC(C)Cc1cc(N)n(C2CCS(=O)(=O)C2)n1. The minimum absolute atomic E-state index is 0.0827. The molecule has 0 spiro atoms. The maximum atomic E-state index is 11.5. The second kappa shape index (κ2) is 4.91. The van der Waals surface area contributed by atoms with Crippen LogP contribution in [0.3, 0.4) is 0 Å². The molecule has 1 aliphatic heterocycles. The van der Waals surface area contributed by atoms with Gasteiger partial charge >= 0.3 is 0 Å². The highest BCUT2D eigenvalue weighted by molar-refractivity contribution is 7.91. The molecule has 18 heavy (non-hydrogen) atoms. The first-order chi connectivity index (χ1) is 8.41. The summed E-state index contributed by atoms with van der Waals surface area (Å²) < 4.78 is 24.6. The molecule has 1 aliphatic rings. The van der Waals surface area contributed by atoms with E-state index in [0.29, 0.717) is 18.2 Å². The first-order valence-electron chi connectivity index (χ1n) is 6.45. The van der Waals surface area contributed by atoms with E-state index in [2.05, 4.69) is 18.9 Å². The Morgan fingerprint density at radius 1 is 1.61 bits per heavy atom. The number of nitrogens with two attached hydrogens (primary N) is 1. The number of sulfone groups is 1. The van der Waals surface area contributed by atoms with Gasteiger partial charge in [0.2, 0.25) is 0 Å². The average molecular weight is 271 g/mol. The van der Waals surface area contributed by atoms with E-state index in [-0.39, 0.29) is 17.5 Å². The van der Waals surface area contributed by atoms with Gasteiger partial charge in [-0.15, -0.1) is 0 Å². The molecule has 6 heteroatoms. The zero-order chi connectivity index (χ0) is 13.3. The third kappa shape index (κ3) is 2.85. The number of nitrogens with zero attached hydrogens (tertiary/aromatic N) is 2. The largest absolute Gasteiger partial charge is 0.384 e. The average Bonchev–Trinajstić information content (AvgIpc) is 2.81. The lowest BCUT2D eigenvalue weighted by molar-refractivity contribution is 0.489. The van der Waals surface area contributed by atoms with Gasteiger partial charge in [0, 0.05) is 6.07 Å². The predicted molar refractivity (Wildman–Crippen MR) is 72.1 cm³/mol.